The molecule has 0 aromatic carbocycles. The van der Waals surface area contributed by atoms with Crippen molar-refractivity contribution in [1.82, 2.24) is 0 Å². The van der Waals surface area contributed by atoms with Crippen molar-refractivity contribution in [3.63, 3.8) is 0 Å². The van der Waals surface area contributed by atoms with Gasteiger partial charge in [0.2, 0.25) is 0 Å². The van der Waals surface area contributed by atoms with E-state index in [0.29, 0.717) is 0 Å². The van der Waals surface area contributed by atoms with Gasteiger partial charge in [-0.2, -0.15) is 0 Å². The molecule has 0 saturated heterocycles. The Morgan fingerprint density at radius 2 is 2.25 bits per heavy atom. The number of hydrogen-bond donors (Lipinski definition) is 0. The van der Waals surface area contributed by atoms with E-state index in [1.54, 1.807) is 11.6 Å². The van der Waals surface area contributed by atoms with Gasteiger partial charge in [0, 0.05) is 6.20 Å². The zero-order chi connectivity index (χ0) is 9.23. The number of thioether (sulfide) groups is 1. The van der Waals surface area contributed by atoms with Gasteiger partial charge < -0.3 is 0 Å². The molecular formula is C10H15NS. The summed E-state index contributed by atoms with van der Waals surface area (Å²) in [6.45, 7) is 9.31. The van der Waals surface area contributed by atoms with E-state index in [0.717, 1.165) is 17.9 Å². The van der Waals surface area contributed by atoms with Gasteiger partial charge in [-0.25, -0.2) is 0 Å². The molecule has 0 aromatic heterocycles. The molecule has 0 bridgehead atoms. The van der Waals surface area contributed by atoms with Crippen LogP contribution in [0.5, 0.6) is 0 Å². The molecule has 2 heteroatoms. The van der Waals surface area contributed by atoms with E-state index in [2.05, 4.69) is 31.2 Å². The van der Waals surface area contributed by atoms with Gasteiger partial charge in [-0.1, -0.05) is 44.3 Å². The summed E-state index contributed by atoms with van der Waals surface area (Å²) >= 11 is 1.51. The highest BCUT2D eigenvalue weighted by molar-refractivity contribution is 8.16. The fourth-order valence-corrected chi connectivity index (χ4v) is 1.12. The van der Waals surface area contributed by atoms with E-state index in [9.17, 15) is 0 Å². The number of nitrogens with zero attached hydrogens (tertiary/aromatic N) is 1. The normalized spacial score (nSPS) is 11.9. The van der Waals surface area contributed by atoms with Crippen molar-refractivity contribution in [1.29, 1.82) is 0 Å². The third-order valence-electron chi connectivity index (χ3n) is 1.14. The van der Waals surface area contributed by atoms with Crippen LogP contribution >= 0.6 is 11.8 Å². The lowest BCUT2D eigenvalue weighted by Gasteiger charge is -1.92. The van der Waals surface area contributed by atoms with Crippen LogP contribution in [0.4, 0.5) is 0 Å². The van der Waals surface area contributed by atoms with Crippen molar-refractivity contribution < 1.29 is 0 Å². The molecule has 0 amide bonds. The van der Waals surface area contributed by atoms with Gasteiger partial charge in [0.15, 0.2) is 0 Å². The zero-order valence-corrected chi connectivity index (χ0v) is 8.31. The van der Waals surface area contributed by atoms with E-state index < -0.39 is 0 Å². The standard InChI is InChI=1S/C10H15NS/c1-4-7-8-9-10(11-5-2)12-6-3/h5-6,8-9H,2-4,7H2,1H3/b9-8+,11-10?. The van der Waals surface area contributed by atoms with Crippen LogP contribution in [-0.2, 0) is 0 Å². The molecule has 0 atom stereocenters. The van der Waals surface area contributed by atoms with Gasteiger partial charge >= 0.3 is 0 Å². The van der Waals surface area contributed by atoms with Crippen LogP contribution in [0.25, 0.3) is 0 Å². The molecule has 0 aliphatic carbocycles. The Morgan fingerprint density at radius 3 is 2.75 bits per heavy atom. The summed E-state index contributed by atoms with van der Waals surface area (Å²) in [6, 6.07) is 0. The number of unbranched alkanes of at least 4 members (excludes halogenated alkanes) is 1. The SMILES string of the molecule is C=CN=C(/C=C/CCC)SC=C. The third kappa shape index (κ3) is 5.98. The molecule has 0 N–H and O–H groups in total. The van der Waals surface area contributed by atoms with Gasteiger partial charge in [-0.15, -0.1) is 0 Å². The maximum Gasteiger partial charge on any atom is 0.0998 e. The molecule has 0 aliphatic rings. The monoisotopic (exact) mass is 181 g/mol. The minimum atomic E-state index is 0.938. The first-order valence-corrected chi connectivity index (χ1v) is 4.86. The first-order valence-electron chi connectivity index (χ1n) is 3.98. The largest absolute Gasteiger partial charge is 0.250 e. The molecule has 0 heterocycles. The van der Waals surface area contributed by atoms with Gasteiger partial charge in [0.1, 0.15) is 0 Å². The molecule has 0 spiro atoms. The fourth-order valence-electron chi connectivity index (χ4n) is 0.639. The van der Waals surface area contributed by atoms with Crippen LogP contribution in [0.2, 0.25) is 0 Å². The topological polar surface area (TPSA) is 12.4 Å². The molecule has 0 aliphatic heterocycles. The van der Waals surface area contributed by atoms with Crippen LogP contribution < -0.4 is 0 Å². The molecule has 0 rings (SSSR count). The Bertz CT molecular complexity index is 192. The van der Waals surface area contributed by atoms with Crippen molar-refractivity contribution in [2.45, 2.75) is 19.8 Å². The second-order valence-corrected chi connectivity index (χ2v) is 3.11. The number of aliphatic imine (C=N–C) groups is 1. The van der Waals surface area contributed by atoms with Crippen LogP contribution in [0, 0.1) is 0 Å². The van der Waals surface area contributed by atoms with E-state index in [4.69, 9.17) is 0 Å². The average Bonchev–Trinajstić information content (AvgIpc) is 2.06. The maximum atomic E-state index is 4.07. The highest BCUT2D eigenvalue weighted by Gasteiger charge is 1.88. The Balaban J connectivity index is 4.02. The summed E-state index contributed by atoms with van der Waals surface area (Å²) in [5, 5.41) is 2.70. The highest BCUT2D eigenvalue weighted by Crippen LogP contribution is 2.07. The number of rotatable bonds is 5. The van der Waals surface area contributed by atoms with Gasteiger partial charge in [-0.05, 0) is 17.9 Å². The van der Waals surface area contributed by atoms with Gasteiger partial charge in [0.25, 0.3) is 0 Å². The molecule has 1 nitrogen and oxygen atoms in total. The summed E-state index contributed by atoms with van der Waals surface area (Å²) in [5.74, 6) is 0. The summed E-state index contributed by atoms with van der Waals surface area (Å²) in [5.41, 5.74) is 0. The Kier molecular flexibility index (Phi) is 7.81. The zero-order valence-electron chi connectivity index (χ0n) is 7.49. The van der Waals surface area contributed by atoms with Crippen molar-refractivity contribution in [3.05, 3.63) is 36.9 Å². The summed E-state index contributed by atoms with van der Waals surface area (Å²) < 4.78 is 0. The first-order chi connectivity index (χ1) is 5.85. The maximum absolute atomic E-state index is 4.07. The molecular weight excluding hydrogens is 166 g/mol. The predicted molar refractivity (Wildman–Crippen MR) is 59.5 cm³/mol. The average molecular weight is 181 g/mol. The van der Waals surface area contributed by atoms with E-state index in [1.807, 2.05) is 6.08 Å². The molecule has 0 fully saturated rings. The first kappa shape index (κ1) is 11.2. The predicted octanol–water partition coefficient (Wildman–Crippen LogP) is 3.76. The van der Waals surface area contributed by atoms with Crippen LogP contribution in [-0.4, -0.2) is 5.04 Å². The summed E-state index contributed by atoms with van der Waals surface area (Å²) in [6.07, 6.45) is 7.91. The summed E-state index contributed by atoms with van der Waals surface area (Å²) in [7, 11) is 0. The van der Waals surface area contributed by atoms with Crippen molar-refractivity contribution in [3.8, 4) is 0 Å². The van der Waals surface area contributed by atoms with Crippen molar-refractivity contribution >= 4 is 16.8 Å². The number of allylic oxidation sites excluding steroid dienone is 1. The second kappa shape index (κ2) is 8.34. The smallest absolute Gasteiger partial charge is 0.0998 e. The Hall–Kier alpha value is -0.760. The van der Waals surface area contributed by atoms with E-state index >= 15 is 0 Å². The Morgan fingerprint density at radius 1 is 1.50 bits per heavy atom. The second-order valence-electron chi connectivity index (χ2n) is 2.13. The lowest BCUT2D eigenvalue weighted by Crippen LogP contribution is -1.81. The lowest BCUT2D eigenvalue weighted by molar-refractivity contribution is 0.960. The fraction of sp³-hybridized carbons (Fsp3) is 0.300. The van der Waals surface area contributed by atoms with Crippen LogP contribution in [0.1, 0.15) is 19.8 Å². The van der Waals surface area contributed by atoms with Crippen LogP contribution in [0.3, 0.4) is 0 Å². The minimum absolute atomic E-state index is 0.938. The van der Waals surface area contributed by atoms with E-state index in [1.165, 1.54) is 11.8 Å². The van der Waals surface area contributed by atoms with E-state index in [-0.39, 0.29) is 0 Å². The molecule has 0 unspecified atom stereocenters. The summed E-state index contributed by atoms with van der Waals surface area (Å²) in [4.78, 5) is 4.07. The molecule has 0 radical (unpaired) electrons. The Labute approximate surface area is 79.0 Å². The van der Waals surface area contributed by atoms with Crippen LogP contribution in [0.15, 0.2) is 41.9 Å². The third-order valence-corrected chi connectivity index (χ3v) is 1.79. The molecule has 12 heavy (non-hydrogen) atoms. The van der Waals surface area contributed by atoms with Gasteiger partial charge in [0.05, 0.1) is 5.04 Å². The lowest BCUT2D eigenvalue weighted by atomic mass is 10.3. The molecule has 0 aromatic rings. The van der Waals surface area contributed by atoms with Crippen molar-refractivity contribution in [2.24, 2.45) is 4.99 Å². The molecule has 66 valence electrons. The van der Waals surface area contributed by atoms with Gasteiger partial charge in [-0.3, -0.25) is 4.99 Å². The minimum Gasteiger partial charge on any atom is -0.250 e. The highest BCUT2D eigenvalue weighted by atomic mass is 32.2. The number of hydrogen-bond acceptors (Lipinski definition) is 2. The molecule has 0 saturated carbocycles. The quantitative estimate of drug-likeness (QED) is 0.464. The van der Waals surface area contributed by atoms with Crippen molar-refractivity contribution in [2.75, 3.05) is 0 Å².